The highest BCUT2D eigenvalue weighted by Gasteiger charge is 2.24. The van der Waals surface area contributed by atoms with Gasteiger partial charge in [-0.05, 0) is 58.4 Å². The Morgan fingerprint density at radius 1 is 0.960 bits per heavy atom. The minimum Gasteiger partial charge on any atom is -0.300 e. The molecule has 0 unspecified atom stereocenters. The van der Waals surface area contributed by atoms with Crippen molar-refractivity contribution in [1.29, 1.82) is 0 Å². The Labute approximate surface area is 148 Å². The molecule has 1 aliphatic heterocycles. The van der Waals surface area contributed by atoms with E-state index in [4.69, 9.17) is 0 Å². The molecule has 5 heteroatoms. The molecule has 1 heterocycles. The number of rotatable bonds is 2. The number of benzene rings is 3. The van der Waals surface area contributed by atoms with Crippen molar-refractivity contribution in [3.8, 4) is 0 Å². The predicted molar refractivity (Wildman–Crippen MR) is 101 cm³/mol. The standard InChI is InChI=1S/C20H13FN2OS/c21-15-8-10-16(11-9-15)22-20-23-19(24)18(25-20)12-14-6-3-5-13-4-1-2-7-17(13)14/h1-12H,(H,22,23,24)/b18-12+. The van der Waals surface area contributed by atoms with Crippen molar-refractivity contribution < 1.29 is 9.18 Å². The van der Waals surface area contributed by atoms with Gasteiger partial charge < -0.3 is 5.32 Å². The third kappa shape index (κ3) is 3.32. The van der Waals surface area contributed by atoms with Crippen LogP contribution in [0.2, 0.25) is 0 Å². The highest BCUT2D eigenvalue weighted by Crippen LogP contribution is 2.30. The van der Waals surface area contributed by atoms with E-state index in [-0.39, 0.29) is 11.7 Å². The van der Waals surface area contributed by atoms with Crippen LogP contribution in [0.25, 0.3) is 16.8 Å². The zero-order valence-corrected chi connectivity index (χ0v) is 13.9. The van der Waals surface area contributed by atoms with Crippen LogP contribution < -0.4 is 5.32 Å². The minimum atomic E-state index is -0.316. The summed E-state index contributed by atoms with van der Waals surface area (Å²) in [6.45, 7) is 0. The molecule has 0 bridgehead atoms. The van der Waals surface area contributed by atoms with Gasteiger partial charge in [0, 0.05) is 0 Å². The molecule has 3 aromatic carbocycles. The number of nitrogens with zero attached hydrogens (tertiary/aromatic N) is 1. The normalized spacial score (nSPS) is 17.4. The molecular formula is C20H13FN2OS. The van der Waals surface area contributed by atoms with E-state index >= 15 is 0 Å². The van der Waals surface area contributed by atoms with Crippen molar-refractivity contribution in [3.63, 3.8) is 0 Å². The second kappa shape index (κ2) is 6.53. The molecule has 0 atom stereocenters. The molecule has 0 aliphatic carbocycles. The fourth-order valence-corrected chi connectivity index (χ4v) is 3.46. The lowest BCUT2D eigenvalue weighted by molar-refractivity contribution is -0.115. The Balaban J connectivity index is 1.66. The van der Waals surface area contributed by atoms with Crippen LogP contribution in [0.15, 0.2) is 76.6 Å². The Hall–Kier alpha value is -2.92. The SMILES string of the molecule is O=C1NC(=Nc2ccc(F)cc2)S/C1=C/c1cccc2ccccc12. The number of nitrogens with one attached hydrogen (secondary N) is 1. The first-order chi connectivity index (χ1) is 12.2. The average Bonchev–Trinajstić information content (AvgIpc) is 2.96. The molecule has 1 amide bonds. The molecule has 0 saturated carbocycles. The highest BCUT2D eigenvalue weighted by atomic mass is 32.2. The summed E-state index contributed by atoms with van der Waals surface area (Å²) in [5.74, 6) is -0.498. The largest absolute Gasteiger partial charge is 0.300 e. The van der Waals surface area contributed by atoms with Crippen molar-refractivity contribution in [3.05, 3.63) is 83.0 Å². The van der Waals surface area contributed by atoms with Gasteiger partial charge >= 0.3 is 0 Å². The Kier molecular flexibility index (Phi) is 4.07. The van der Waals surface area contributed by atoms with Gasteiger partial charge in [-0.1, -0.05) is 42.5 Å². The maximum absolute atomic E-state index is 13.0. The van der Waals surface area contributed by atoms with Crippen molar-refractivity contribution in [1.82, 2.24) is 5.32 Å². The first-order valence-corrected chi connectivity index (χ1v) is 8.54. The van der Waals surface area contributed by atoms with Gasteiger partial charge in [-0.25, -0.2) is 9.38 Å². The number of aliphatic imine (C=N–C) groups is 1. The molecule has 25 heavy (non-hydrogen) atoms. The topological polar surface area (TPSA) is 41.5 Å². The van der Waals surface area contributed by atoms with Gasteiger partial charge in [0.25, 0.3) is 5.91 Å². The zero-order valence-electron chi connectivity index (χ0n) is 13.1. The van der Waals surface area contributed by atoms with Gasteiger partial charge in [0.15, 0.2) is 5.17 Å². The number of amides is 1. The van der Waals surface area contributed by atoms with Gasteiger partial charge in [0.2, 0.25) is 0 Å². The lowest BCUT2D eigenvalue weighted by atomic mass is 10.0. The van der Waals surface area contributed by atoms with Gasteiger partial charge in [-0.2, -0.15) is 0 Å². The minimum absolute atomic E-state index is 0.182. The quantitative estimate of drug-likeness (QED) is 0.671. The molecule has 1 aliphatic rings. The van der Waals surface area contributed by atoms with Gasteiger partial charge in [0.05, 0.1) is 10.6 Å². The molecule has 1 N–H and O–H groups in total. The number of amidine groups is 1. The van der Waals surface area contributed by atoms with E-state index in [1.165, 1.54) is 23.9 Å². The van der Waals surface area contributed by atoms with Crippen molar-refractivity contribution in [2.24, 2.45) is 4.99 Å². The van der Waals surface area contributed by atoms with E-state index in [9.17, 15) is 9.18 Å². The van der Waals surface area contributed by atoms with E-state index in [0.29, 0.717) is 15.8 Å². The molecule has 1 fully saturated rings. The third-order valence-electron chi connectivity index (χ3n) is 3.82. The first kappa shape index (κ1) is 15.6. The first-order valence-electron chi connectivity index (χ1n) is 7.72. The van der Waals surface area contributed by atoms with Crippen LogP contribution in [0.4, 0.5) is 10.1 Å². The van der Waals surface area contributed by atoms with E-state index in [0.717, 1.165) is 16.3 Å². The van der Waals surface area contributed by atoms with Crippen LogP contribution in [0.3, 0.4) is 0 Å². The van der Waals surface area contributed by atoms with Crippen LogP contribution in [-0.2, 0) is 4.79 Å². The van der Waals surface area contributed by atoms with E-state index in [2.05, 4.69) is 10.3 Å². The molecule has 3 aromatic rings. The second-order valence-corrected chi connectivity index (χ2v) is 6.56. The van der Waals surface area contributed by atoms with Crippen LogP contribution >= 0.6 is 11.8 Å². The van der Waals surface area contributed by atoms with Crippen LogP contribution in [0.1, 0.15) is 5.56 Å². The summed E-state index contributed by atoms with van der Waals surface area (Å²) in [6, 6.07) is 19.9. The summed E-state index contributed by atoms with van der Waals surface area (Å²) < 4.78 is 13.0. The third-order valence-corrected chi connectivity index (χ3v) is 4.73. The van der Waals surface area contributed by atoms with Crippen LogP contribution in [0.5, 0.6) is 0 Å². The summed E-state index contributed by atoms with van der Waals surface area (Å²) in [6.07, 6.45) is 1.87. The lowest BCUT2D eigenvalue weighted by Gasteiger charge is -2.02. The van der Waals surface area contributed by atoms with Crippen molar-refractivity contribution in [2.75, 3.05) is 0 Å². The van der Waals surface area contributed by atoms with Crippen LogP contribution in [-0.4, -0.2) is 11.1 Å². The number of hydrogen-bond acceptors (Lipinski definition) is 3. The summed E-state index contributed by atoms with van der Waals surface area (Å²) in [7, 11) is 0. The number of carbonyl (C=O) groups is 1. The Morgan fingerprint density at radius 2 is 1.72 bits per heavy atom. The number of carbonyl (C=O) groups excluding carboxylic acids is 1. The summed E-state index contributed by atoms with van der Waals surface area (Å²) >= 11 is 1.28. The molecule has 0 aromatic heterocycles. The smallest absolute Gasteiger partial charge is 0.264 e. The highest BCUT2D eigenvalue weighted by molar-refractivity contribution is 8.18. The van der Waals surface area contributed by atoms with Gasteiger partial charge in [-0.3, -0.25) is 4.79 Å². The van der Waals surface area contributed by atoms with E-state index in [1.54, 1.807) is 12.1 Å². The van der Waals surface area contributed by atoms with E-state index < -0.39 is 0 Å². The summed E-state index contributed by atoms with van der Waals surface area (Å²) in [5, 5.41) is 5.45. The predicted octanol–water partition coefficient (Wildman–Crippen LogP) is 4.87. The molecular weight excluding hydrogens is 335 g/mol. The van der Waals surface area contributed by atoms with Crippen molar-refractivity contribution >= 4 is 45.4 Å². The fourth-order valence-electron chi connectivity index (χ4n) is 2.63. The molecule has 1 saturated heterocycles. The second-order valence-electron chi connectivity index (χ2n) is 5.53. The van der Waals surface area contributed by atoms with Crippen molar-refractivity contribution in [2.45, 2.75) is 0 Å². The summed E-state index contributed by atoms with van der Waals surface area (Å²) in [4.78, 5) is 17.2. The number of thioether (sulfide) groups is 1. The zero-order chi connectivity index (χ0) is 17.2. The number of halogens is 1. The van der Waals surface area contributed by atoms with E-state index in [1.807, 2.05) is 48.5 Å². The van der Waals surface area contributed by atoms with Gasteiger partial charge in [-0.15, -0.1) is 0 Å². The maximum atomic E-state index is 13.0. The summed E-state index contributed by atoms with van der Waals surface area (Å²) in [5.41, 5.74) is 1.58. The Bertz CT molecular complexity index is 1020. The average molecular weight is 348 g/mol. The molecule has 3 nitrogen and oxygen atoms in total. The number of hydrogen-bond donors (Lipinski definition) is 1. The molecule has 122 valence electrons. The molecule has 4 rings (SSSR count). The maximum Gasteiger partial charge on any atom is 0.264 e. The monoisotopic (exact) mass is 348 g/mol. The fraction of sp³-hybridized carbons (Fsp3) is 0. The lowest BCUT2D eigenvalue weighted by Crippen LogP contribution is -2.19. The molecule has 0 spiro atoms. The molecule has 0 radical (unpaired) electrons. The Morgan fingerprint density at radius 3 is 2.56 bits per heavy atom. The number of fused-ring (bicyclic) bond motifs is 1. The van der Waals surface area contributed by atoms with Crippen LogP contribution in [0, 0.1) is 5.82 Å². The van der Waals surface area contributed by atoms with Gasteiger partial charge in [0.1, 0.15) is 5.82 Å².